The largest absolute Gasteiger partial charge is 0.294 e. The first-order valence-corrected chi connectivity index (χ1v) is 5.92. The van der Waals surface area contributed by atoms with E-state index >= 15 is 0 Å². The van der Waals surface area contributed by atoms with Gasteiger partial charge in [0.05, 0.1) is 6.20 Å². The van der Waals surface area contributed by atoms with E-state index < -0.39 is 5.82 Å². The summed E-state index contributed by atoms with van der Waals surface area (Å²) in [6.07, 6.45) is 9.12. The van der Waals surface area contributed by atoms with E-state index in [-0.39, 0.29) is 11.7 Å². The van der Waals surface area contributed by atoms with Crippen molar-refractivity contribution in [3.63, 3.8) is 0 Å². The maximum Gasteiger partial charge on any atom is 0.167 e. The van der Waals surface area contributed by atoms with Crippen molar-refractivity contribution in [3.05, 3.63) is 29.8 Å². The van der Waals surface area contributed by atoms with Gasteiger partial charge >= 0.3 is 0 Å². The van der Waals surface area contributed by atoms with Crippen LogP contribution in [0.15, 0.2) is 18.5 Å². The van der Waals surface area contributed by atoms with Crippen LogP contribution in [0.25, 0.3) is 0 Å². The van der Waals surface area contributed by atoms with Gasteiger partial charge in [0.1, 0.15) is 5.82 Å². The Balaban J connectivity index is 2.11. The van der Waals surface area contributed by atoms with E-state index in [1.54, 1.807) is 0 Å². The van der Waals surface area contributed by atoms with Gasteiger partial charge in [-0.2, -0.15) is 0 Å². The van der Waals surface area contributed by atoms with Crippen LogP contribution in [0.4, 0.5) is 4.39 Å². The number of hydrogen-bond acceptors (Lipinski definition) is 2. The Labute approximate surface area is 94.9 Å². The van der Waals surface area contributed by atoms with E-state index in [0.29, 0.717) is 5.56 Å². The summed E-state index contributed by atoms with van der Waals surface area (Å²) in [5.41, 5.74) is 0.423. The van der Waals surface area contributed by atoms with Crippen molar-refractivity contribution in [2.45, 2.75) is 38.5 Å². The number of carbonyl (C=O) groups excluding carboxylic acids is 1. The molecule has 0 saturated heterocycles. The van der Waals surface area contributed by atoms with Crippen LogP contribution in [0.5, 0.6) is 0 Å². The minimum Gasteiger partial charge on any atom is -0.294 e. The van der Waals surface area contributed by atoms with Crippen molar-refractivity contribution < 1.29 is 9.18 Å². The molecular formula is C13H16FNO. The zero-order chi connectivity index (χ0) is 11.4. The maximum absolute atomic E-state index is 13.0. The molecule has 16 heavy (non-hydrogen) atoms. The number of aromatic nitrogens is 1. The molecule has 1 saturated carbocycles. The lowest BCUT2D eigenvalue weighted by molar-refractivity contribution is 0.0907. The molecule has 0 N–H and O–H groups in total. The normalized spacial score (nSPS) is 18.1. The Morgan fingerprint density at radius 1 is 1.19 bits per heavy atom. The van der Waals surface area contributed by atoms with Crippen LogP contribution in [0, 0.1) is 11.7 Å². The Morgan fingerprint density at radius 2 is 1.88 bits per heavy atom. The summed E-state index contributed by atoms with van der Waals surface area (Å²) < 4.78 is 13.0. The van der Waals surface area contributed by atoms with E-state index in [9.17, 15) is 9.18 Å². The van der Waals surface area contributed by atoms with Crippen LogP contribution in [-0.2, 0) is 0 Å². The van der Waals surface area contributed by atoms with Crippen LogP contribution in [-0.4, -0.2) is 10.8 Å². The van der Waals surface area contributed by atoms with Gasteiger partial charge in [0.2, 0.25) is 0 Å². The third-order valence-electron chi connectivity index (χ3n) is 3.22. The number of pyridine rings is 1. The number of halogens is 1. The molecule has 1 heterocycles. The van der Waals surface area contributed by atoms with Gasteiger partial charge in [-0.15, -0.1) is 0 Å². The van der Waals surface area contributed by atoms with E-state index in [0.717, 1.165) is 31.9 Å². The molecule has 0 unspecified atom stereocenters. The Hall–Kier alpha value is -1.25. The highest BCUT2D eigenvalue weighted by Crippen LogP contribution is 2.25. The fourth-order valence-electron chi connectivity index (χ4n) is 2.32. The molecule has 1 aromatic heterocycles. The SMILES string of the molecule is O=C(c1cncc(F)c1)C1CCCCCC1. The van der Waals surface area contributed by atoms with Gasteiger partial charge in [-0.1, -0.05) is 25.7 Å². The van der Waals surface area contributed by atoms with E-state index in [1.165, 1.54) is 25.1 Å². The molecule has 0 aliphatic heterocycles. The van der Waals surface area contributed by atoms with Crippen molar-refractivity contribution in [2.75, 3.05) is 0 Å². The molecule has 1 aromatic rings. The lowest BCUT2D eigenvalue weighted by Crippen LogP contribution is -2.14. The first-order valence-electron chi connectivity index (χ1n) is 5.92. The summed E-state index contributed by atoms with van der Waals surface area (Å²) in [5, 5.41) is 0. The molecule has 2 nitrogen and oxygen atoms in total. The summed E-state index contributed by atoms with van der Waals surface area (Å²) in [5.74, 6) is -0.292. The Kier molecular flexibility index (Phi) is 3.65. The minimum atomic E-state index is -0.431. The quantitative estimate of drug-likeness (QED) is 0.566. The molecule has 0 aromatic carbocycles. The first kappa shape index (κ1) is 11.2. The molecule has 1 aliphatic carbocycles. The van der Waals surface area contributed by atoms with Crippen molar-refractivity contribution in [1.29, 1.82) is 0 Å². The van der Waals surface area contributed by atoms with Crippen LogP contribution < -0.4 is 0 Å². The predicted octanol–water partition coefficient (Wildman–Crippen LogP) is 3.37. The second kappa shape index (κ2) is 5.19. The lowest BCUT2D eigenvalue weighted by Gasteiger charge is -2.12. The molecular weight excluding hydrogens is 205 g/mol. The van der Waals surface area contributed by atoms with E-state index in [2.05, 4.69) is 4.98 Å². The summed E-state index contributed by atoms with van der Waals surface area (Å²) in [4.78, 5) is 15.8. The van der Waals surface area contributed by atoms with Gasteiger partial charge in [0.15, 0.2) is 5.78 Å². The number of rotatable bonds is 2. The lowest BCUT2D eigenvalue weighted by atomic mass is 9.92. The van der Waals surface area contributed by atoms with Crippen LogP contribution in [0.1, 0.15) is 48.9 Å². The molecule has 1 fully saturated rings. The van der Waals surface area contributed by atoms with Crippen molar-refractivity contribution in [1.82, 2.24) is 4.98 Å². The molecule has 86 valence electrons. The first-order chi connectivity index (χ1) is 7.77. The average Bonchev–Trinajstić information content (AvgIpc) is 2.56. The van der Waals surface area contributed by atoms with Crippen molar-refractivity contribution >= 4 is 5.78 Å². The highest BCUT2D eigenvalue weighted by atomic mass is 19.1. The molecule has 0 amide bonds. The number of hydrogen-bond donors (Lipinski definition) is 0. The molecule has 0 bridgehead atoms. The molecule has 0 atom stereocenters. The fourth-order valence-corrected chi connectivity index (χ4v) is 2.32. The van der Waals surface area contributed by atoms with Gasteiger partial charge in [0.25, 0.3) is 0 Å². The van der Waals surface area contributed by atoms with Crippen molar-refractivity contribution in [2.24, 2.45) is 5.92 Å². The maximum atomic E-state index is 13.0. The molecule has 0 radical (unpaired) electrons. The standard InChI is InChI=1S/C13H16FNO/c14-12-7-11(8-15-9-12)13(16)10-5-3-1-2-4-6-10/h7-10H,1-6H2. The second-order valence-corrected chi connectivity index (χ2v) is 4.44. The third kappa shape index (κ3) is 2.65. The zero-order valence-electron chi connectivity index (χ0n) is 9.29. The van der Waals surface area contributed by atoms with Crippen LogP contribution >= 0.6 is 0 Å². The number of Topliss-reactive ketones (excluding diaryl/α,β-unsaturated/α-hetero) is 1. The molecule has 1 aliphatic rings. The van der Waals surface area contributed by atoms with Gasteiger partial charge in [-0.3, -0.25) is 9.78 Å². The Morgan fingerprint density at radius 3 is 2.50 bits per heavy atom. The summed E-state index contributed by atoms with van der Waals surface area (Å²) in [7, 11) is 0. The third-order valence-corrected chi connectivity index (χ3v) is 3.22. The molecule has 3 heteroatoms. The minimum absolute atomic E-state index is 0.0638. The van der Waals surface area contributed by atoms with Gasteiger partial charge in [0, 0.05) is 17.7 Å². The van der Waals surface area contributed by atoms with Crippen LogP contribution in [0.2, 0.25) is 0 Å². The van der Waals surface area contributed by atoms with Gasteiger partial charge < -0.3 is 0 Å². The Bertz CT molecular complexity index is 370. The number of nitrogens with zero attached hydrogens (tertiary/aromatic N) is 1. The highest BCUT2D eigenvalue weighted by molar-refractivity contribution is 5.97. The summed E-state index contributed by atoms with van der Waals surface area (Å²) >= 11 is 0. The fraction of sp³-hybridized carbons (Fsp3) is 0.538. The topological polar surface area (TPSA) is 30.0 Å². The average molecular weight is 221 g/mol. The van der Waals surface area contributed by atoms with Crippen molar-refractivity contribution in [3.8, 4) is 0 Å². The monoisotopic (exact) mass is 221 g/mol. The van der Waals surface area contributed by atoms with Crippen LogP contribution in [0.3, 0.4) is 0 Å². The second-order valence-electron chi connectivity index (χ2n) is 4.44. The van der Waals surface area contributed by atoms with E-state index in [4.69, 9.17) is 0 Å². The highest BCUT2D eigenvalue weighted by Gasteiger charge is 2.21. The summed E-state index contributed by atoms with van der Waals surface area (Å²) in [6, 6.07) is 1.29. The predicted molar refractivity (Wildman–Crippen MR) is 59.7 cm³/mol. The van der Waals surface area contributed by atoms with E-state index in [1.807, 2.05) is 0 Å². The molecule has 2 rings (SSSR count). The number of carbonyl (C=O) groups is 1. The zero-order valence-corrected chi connectivity index (χ0v) is 9.29. The summed E-state index contributed by atoms with van der Waals surface area (Å²) in [6.45, 7) is 0. The smallest absolute Gasteiger partial charge is 0.167 e. The number of ketones is 1. The van der Waals surface area contributed by atoms with Gasteiger partial charge in [-0.25, -0.2) is 4.39 Å². The molecule has 0 spiro atoms. The van der Waals surface area contributed by atoms with Gasteiger partial charge in [-0.05, 0) is 18.9 Å².